The van der Waals surface area contributed by atoms with Crippen LogP contribution in [0.2, 0.25) is 5.02 Å². The number of H-pyrrole nitrogens is 1. The van der Waals surface area contributed by atoms with Crippen molar-refractivity contribution in [3.05, 3.63) is 88.2 Å². The third kappa shape index (κ3) is 3.11. The summed E-state index contributed by atoms with van der Waals surface area (Å²) in [5.74, 6) is -4.58. The van der Waals surface area contributed by atoms with Gasteiger partial charge in [0.05, 0.1) is 21.7 Å². The van der Waals surface area contributed by atoms with Crippen molar-refractivity contribution in [1.82, 2.24) is 9.97 Å². The SMILES string of the molecule is O=C(O)C(=O)Nc1nc2ccc(C3(O)c4ccccc4C(=O)N3c3cccc(Cl)c3F)cc2[nH]1. The fraction of sp³-hybridized carbons (Fsp3) is 0.0435. The molecule has 2 amide bonds. The van der Waals surface area contributed by atoms with Gasteiger partial charge in [0.2, 0.25) is 5.95 Å². The molecule has 0 bridgehead atoms. The number of hydrogen-bond acceptors (Lipinski definition) is 5. The van der Waals surface area contributed by atoms with E-state index in [1.165, 1.54) is 42.5 Å². The highest BCUT2D eigenvalue weighted by Gasteiger charge is 2.51. The molecule has 4 N–H and O–H groups in total. The van der Waals surface area contributed by atoms with Crippen LogP contribution in [0, 0.1) is 5.82 Å². The number of fused-ring (bicyclic) bond motifs is 2. The first-order valence-electron chi connectivity index (χ1n) is 9.86. The minimum absolute atomic E-state index is 0.118. The number of aliphatic carboxylic acids is 1. The van der Waals surface area contributed by atoms with Crippen LogP contribution in [0.1, 0.15) is 21.5 Å². The smallest absolute Gasteiger partial charge is 0.394 e. The number of halogens is 2. The summed E-state index contributed by atoms with van der Waals surface area (Å²) in [4.78, 5) is 43.4. The second kappa shape index (κ2) is 7.65. The molecular formula is C23H14ClFN4O5. The average Bonchev–Trinajstić information content (AvgIpc) is 3.32. The molecule has 1 atom stereocenters. The summed E-state index contributed by atoms with van der Waals surface area (Å²) < 4.78 is 15.0. The number of aromatic nitrogens is 2. The Hall–Kier alpha value is -4.28. The van der Waals surface area contributed by atoms with Crippen LogP contribution in [0.25, 0.3) is 11.0 Å². The number of imidazole rings is 1. The van der Waals surface area contributed by atoms with E-state index < -0.39 is 29.3 Å². The number of aliphatic hydroxyl groups is 1. The number of benzene rings is 3. The Bertz CT molecular complexity index is 1520. The molecule has 1 aromatic heterocycles. The van der Waals surface area contributed by atoms with E-state index in [-0.39, 0.29) is 33.3 Å². The van der Waals surface area contributed by atoms with Crippen LogP contribution in [-0.4, -0.2) is 38.0 Å². The second-order valence-corrected chi connectivity index (χ2v) is 7.92. The van der Waals surface area contributed by atoms with E-state index in [9.17, 15) is 19.5 Å². The van der Waals surface area contributed by atoms with E-state index in [2.05, 4.69) is 15.3 Å². The number of rotatable bonds is 3. The summed E-state index contributed by atoms with van der Waals surface area (Å²) in [5.41, 5.74) is -1.03. The van der Waals surface area contributed by atoms with Crippen molar-refractivity contribution in [2.24, 2.45) is 0 Å². The molecule has 1 aliphatic heterocycles. The molecule has 1 unspecified atom stereocenters. The van der Waals surface area contributed by atoms with Gasteiger partial charge in [-0.25, -0.2) is 14.2 Å². The molecule has 0 saturated heterocycles. The molecule has 170 valence electrons. The van der Waals surface area contributed by atoms with Gasteiger partial charge in [-0.05, 0) is 30.3 Å². The molecule has 9 nitrogen and oxygen atoms in total. The number of anilines is 2. The van der Waals surface area contributed by atoms with Crippen molar-refractivity contribution >= 4 is 52.1 Å². The molecule has 0 saturated carbocycles. The van der Waals surface area contributed by atoms with Crippen molar-refractivity contribution in [3.63, 3.8) is 0 Å². The molecule has 5 rings (SSSR count). The number of hydrogen-bond donors (Lipinski definition) is 4. The van der Waals surface area contributed by atoms with E-state index in [1.807, 2.05) is 0 Å². The highest BCUT2D eigenvalue weighted by atomic mass is 35.5. The van der Waals surface area contributed by atoms with Gasteiger partial charge in [0.1, 0.15) is 0 Å². The normalized spacial score (nSPS) is 17.1. The maximum absolute atomic E-state index is 15.0. The molecule has 34 heavy (non-hydrogen) atoms. The van der Waals surface area contributed by atoms with Crippen LogP contribution in [-0.2, 0) is 15.3 Å². The predicted molar refractivity (Wildman–Crippen MR) is 120 cm³/mol. The topological polar surface area (TPSA) is 136 Å². The van der Waals surface area contributed by atoms with Crippen molar-refractivity contribution < 1.29 is 29.0 Å². The lowest BCUT2D eigenvalue weighted by atomic mass is 9.93. The van der Waals surface area contributed by atoms with Crippen molar-refractivity contribution in [2.45, 2.75) is 5.72 Å². The quantitative estimate of drug-likeness (QED) is 0.332. The molecule has 4 aromatic rings. The zero-order chi connectivity index (χ0) is 24.2. The van der Waals surface area contributed by atoms with Gasteiger partial charge in [0.15, 0.2) is 11.5 Å². The van der Waals surface area contributed by atoms with Crippen molar-refractivity contribution in [2.75, 3.05) is 10.2 Å². The summed E-state index contributed by atoms with van der Waals surface area (Å²) in [6.45, 7) is 0. The second-order valence-electron chi connectivity index (χ2n) is 7.51. The van der Waals surface area contributed by atoms with Gasteiger partial charge >= 0.3 is 11.9 Å². The lowest BCUT2D eigenvalue weighted by Gasteiger charge is -2.35. The van der Waals surface area contributed by atoms with Gasteiger partial charge in [-0.2, -0.15) is 0 Å². The maximum Gasteiger partial charge on any atom is 0.394 e. The number of amides is 2. The average molecular weight is 481 g/mol. The highest BCUT2D eigenvalue weighted by Crippen LogP contribution is 2.46. The summed E-state index contributed by atoms with van der Waals surface area (Å²) in [5, 5.41) is 22.7. The fourth-order valence-corrected chi connectivity index (χ4v) is 4.21. The number of carbonyl (C=O) groups excluding carboxylic acids is 2. The lowest BCUT2D eigenvalue weighted by Crippen LogP contribution is -2.45. The van der Waals surface area contributed by atoms with Gasteiger partial charge in [-0.15, -0.1) is 0 Å². The predicted octanol–water partition coefficient (Wildman–Crippen LogP) is 3.23. The first-order chi connectivity index (χ1) is 16.2. The Balaban J connectivity index is 1.69. The monoisotopic (exact) mass is 480 g/mol. The Morgan fingerprint density at radius 3 is 2.65 bits per heavy atom. The van der Waals surface area contributed by atoms with Gasteiger partial charge in [-0.3, -0.25) is 19.8 Å². The largest absolute Gasteiger partial charge is 0.474 e. The zero-order valence-corrected chi connectivity index (χ0v) is 17.8. The third-order valence-electron chi connectivity index (χ3n) is 5.54. The van der Waals surface area contributed by atoms with Crippen molar-refractivity contribution in [1.29, 1.82) is 0 Å². The Morgan fingerprint density at radius 1 is 1.12 bits per heavy atom. The van der Waals surface area contributed by atoms with E-state index in [1.54, 1.807) is 18.2 Å². The van der Waals surface area contributed by atoms with Gasteiger partial charge in [0, 0.05) is 16.7 Å². The number of carboxylic acids is 1. The van der Waals surface area contributed by atoms with Gasteiger partial charge in [-0.1, -0.05) is 41.9 Å². The standard InChI is InChI=1S/C23H14ClFN4O5/c24-14-6-3-7-17(18(14)25)29-20(31)12-4-1-2-5-13(12)23(29,34)11-8-9-15-16(10-11)27-22(26-15)28-19(30)21(32)33/h1-10,34H,(H,32,33)(H2,26,27,28,30). The van der Waals surface area contributed by atoms with Crippen LogP contribution >= 0.6 is 11.6 Å². The summed E-state index contributed by atoms with van der Waals surface area (Å²) in [6.07, 6.45) is 0. The molecule has 11 heteroatoms. The molecule has 0 aliphatic carbocycles. The van der Waals surface area contributed by atoms with E-state index in [4.69, 9.17) is 16.7 Å². The molecule has 0 radical (unpaired) electrons. The summed E-state index contributed by atoms with van der Waals surface area (Å²) in [6, 6.07) is 15.0. The van der Waals surface area contributed by atoms with Crippen LogP contribution < -0.4 is 10.2 Å². The number of carboxylic acid groups (broad SMARTS) is 1. The number of nitrogens with one attached hydrogen (secondary N) is 2. The highest BCUT2D eigenvalue weighted by molar-refractivity contribution is 6.36. The first kappa shape index (κ1) is 21.6. The van der Waals surface area contributed by atoms with Crippen LogP contribution in [0.4, 0.5) is 16.0 Å². The minimum Gasteiger partial charge on any atom is -0.474 e. The van der Waals surface area contributed by atoms with E-state index in [0.29, 0.717) is 11.0 Å². The number of carbonyl (C=O) groups is 3. The Labute approximate surface area is 195 Å². The summed E-state index contributed by atoms with van der Waals surface area (Å²) >= 11 is 5.95. The van der Waals surface area contributed by atoms with Crippen molar-refractivity contribution in [3.8, 4) is 0 Å². The molecule has 0 fully saturated rings. The Kier molecular flexibility index (Phi) is 4.85. The first-order valence-corrected chi connectivity index (χ1v) is 10.2. The van der Waals surface area contributed by atoms with Crippen LogP contribution in [0.3, 0.4) is 0 Å². The van der Waals surface area contributed by atoms with E-state index in [0.717, 1.165) is 4.90 Å². The zero-order valence-electron chi connectivity index (χ0n) is 17.0. The van der Waals surface area contributed by atoms with E-state index >= 15 is 4.39 Å². The van der Waals surface area contributed by atoms with Crippen LogP contribution in [0.15, 0.2) is 60.7 Å². The summed E-state index contributed by atoms with van der Waals surface area (Å²) in [7, 11) is 0. The Morgan fingerprint density at radius 2 is 1.88 bits per heavy atom. The maximum atomic E-state index is 15.0. The number of nitrogens with zero attached hydrogens (tertiary/aromatic N) is 2. The molecule has 3 aromatic carbocycles. The molecule has 2 heterocycles. The minimum atomic E-state index is -2.11. The van der Waals surface area contributed by atoms with Crippen LogP contribution in [0.5, 0.6) is 0 Å². The van der Waals surface area contributed by atoms with Gasteiger partial charge < -0.3 is 15.2 Å². The molecule has 1 aliphatic rings. The lowest BCUT2D eigenvalue weighted by molar-refractivity contribution is -0.147. The fourth-order valence-electron chi connectivity index (χ4n) is 4.04. The van der Waals surface area contributed by atoms with Gasteiger partial charge in [0.25, 0.3) is 5.91 Å². The molecular weight excluding hydrogens is 467 g/mol. The third-order valence-corrected chi connectivity index (χ3v) is 5.83. The number of aromatic amines is 1. The molecule has 0 spiro atoms.